The lowest BCUT2D eigenvalue weighted by Gasteiger charge is -2.34. The predicted octanol–water partition coefficient (Wildman–Crippen LogP) is 4.33. The number of aliphatic hydroxyl groups is 1. The van der Waals surface area contributed by atoms with Crippen molar-refractivity contribution >= 4 is 0 Å². The van der Waals surface area contributed by atoms with Crippen LogP contribution < -0.4 is 0 Å². The van der Waals surface area contributed by atoms with Crippen molar-refractivity contribution in [3.63, 3.8) is 0 Å². The lowest BCUT2D eigenvalue weighted by Crippen LogP contribution is -2.33. The summed E-state index contributed by atoms with van der Waals surface area (Å²) in [5.74, 6) is 0.968. The largest absolute Gasteiger partial charge is 0.390 e. The molecule has 3 aliphatic rings. The topological polar surface area (TPSA) is 62.2 Å². The van der Waals surface area contributed by atoms with Gasteiger partial charge in [-0.1, -0.05) is 19.1 Å². The molecular weight excluding hydrogens is 304 g/mol. The third-order valence-electron chi connectivity index (χ3n) is 6.96. The van der Waals surface area contributed by atoms with Crippen LogP contribution in [0.15, 0.2) is 12.2 Å². The van der Waals surface area contributed by atoms with E-state index < -0.39 is 11.2 Å². The molecule has 4 heteroatoms. The van der Waals surface area contributed by atoms with E-state index in [2.05, 4.69) is 24.8 Å². The van der Waals surface area contributed by atoms with Gasteiger partial charge in [0.1, 0.15) is 5.60 Å². The second kappa shape index (κ2) is 5.80. The van der Waals surface area contributed by atoms with E-state index in [9.17, 15) is 5.11 Å². The van der Waals surface area contributed by atoms with Crippen molar-refractivity contribution < 1.29 is 20.0 Å². The molecule has 6 unspecified atom stereocenters. The second-order valence-corrected chi connectivity index (χ2v) is 9.72. The highest BCUT2D eigenvalue weighted by molar-refractivity contribution is 5.12. The van der Waals surface area contributed by atoms with Crippen LogP contribution in [0, 0.1) is 17.3 Å². The molecule has 1 saturated heterocycles. The van der Waals surface area contributed by atoms with Gasteiger partial charge in [-0.2, -0.15) is 0 Å². The summed E-state index contributed by atoms with van der Waals surface area (Å²) in [5.41, 5.74) is -1.06. The Morgan fingerprint density at radius 1 is 1.17 bits per heavy atom. The van der Waals surface area contributed by atoms with Crippen LogP contribution >= 0.6 is 0 Å². The molecule has 0 aromatic rings. The monoisotopic (exact) mass is 338 g/mol. The zero-order valence-corrected chi connectivity index (χ0v) is 15.8. The zero-order chi connectivity index (χ0) is 17.8. The molecule has 6 atom stereocenters. The molecule has 2 N–H and O–H groups in total. The molecule has 24 heavy (non-hydrogen) atoms. The highest BCUT2D eigenvalue weighted by atomic mass is 17.1. The van der Waals surface area contributed by atoms with Crippen molar-refractivity contribution in [2.75, 3.05) is 0 Å². The maximum atomic E-state index is 10.9. The van der Waals surface area contributed by atoms with E-state index in [0.717, 1.165) is 38.5 Å². The van der Waals surface area contributed by atoms with Gasteiger partial charge >= 0.3 is 0 Å². The lowest BCUT2D eigenvalue weighted by molar-refractivity contribution is -0.297. The first-order valence-corrected chi connectivity index (χ1v) is 9.42. The van der Waals surface area contributed by atoms with Gasteiger partial charge in [0, 0.05) is 0 Å². The summed E-state index contributed by atoms with van der Waals surface area (Å²) in [6.07, 6.45) is 10.5. The zero-order valence-electron chi connectivity index (χ0n) is 15.8. The number of fused-ring (bicyclic) bond motifs is 2. The molecule has 0 bridgehead atoms. The summed E-state index contributed by atoms with van der Waals surface area (Å²) in [4.78, 5) is 4.50. The van der Waals surface area contributed by atoms with Crippen LogP contribution in [0.4, 0.5) is 0 Å². The van der Waals surface area contributed by atoms with Crippen LogP contribution in [-0.4, -0.2) is 33.3 Å². The standard InChI is InChI=1S/C20H34O4/c1-17(2,24-22)8-6-9-18(3)11-12-20(5)16(23-20)7-10-19(4,21)15-13-14(15)18/h6,8,14-16,21-22H,7,9-13H2,1-5H3. The summed E-state index contributed by atoms with van der Waals surface area (Å²) >= 11 is 0. The minimum absolute atomic E-state index is 0.0102. The summed E-state index contributed by atoms with van der Waals surface area (Å²) < 4.78 is 5.97. The minimum atomic E-state index is -0.655. The van der Waals surface area contributed by atoms with Crippen molar-refractivity contribution in [1.29, 1.82) is 0 Å². The van der Waals surface area contributed by atoms with E-state index in [0.29, 0.717) is 17.9 Å². The van der Waals surface area contributed by atoms with Gasteiger partial charge in [0.25, 0.3) is 0 Å². The molecule has 0 aromatic carbocycles. The van der Waals surface area contributed by atoms with Gasteiger partial charge in [-0.25, -0.2) is 4.89 Å². The fraction of sp³-hybridized carbons (Fsp3) is 0.900. The van der Waals surface area contributed by atoms with E-state index in [1.807, 2.05) is 26.8 Å². The first-order valence-electron chi connectivity index (χ1n) is 9.42. The van der Waals surface area contributed by atoms with Crippen LogP contribution in [0.3, 0.4) is 0 Å². The molecule has 0 aromatic heterocycles. The van der Waals surface area contributed by atoms with Gasteiger partial charge in [-0.15, -0.1) is 0 Å². The molecule has 3 rings (SSSR count). The molecule has 2 aliphatic carbocycles. The number of rotatable bonds is 4. The van der Waals surface area contributed by atoms with Crippen molar-refractivity contribution in [2.45, 2.75) is 96.1 Å². The van der Waals surface area contributed by atoms with Crippen molar-refractivity contribution in [2.24, 2.45) is 17.3 Å². The van der Waals surface area contributed by atoms with Gasteiger partial charge in [-0.05, 0) is 83.5 Å². The van der Waals surface area contributed by atoms with Crippen LogP contribution in [0.1, 0.15) is 73.1 Å². The Morgan fingerprint density at radius 2 is 1.88 bits per heavy atom. The number of epoxide rings is 1. The number of allylic oxidation sites excluding steroid dienone is 1. The Morgan fingerprint density at radius 3 is 2.54 bits per heavy atom. The van der Waals surface area contributed by atoms with Crippen molar-refractivity contribution in [3.8, 4) is 0 Å². The molecule has 1 aliphatic heterocycles. The molecule has 3 fully saturated rings. The van der Waals surface area contributed by atoms with Crippen LogP contribution in [0.5, 0.6) is 0 Å². The van der Waals surface area contributed by atoms with Gasteiger partial charge in [-0.3, -0.25) is 5.26 Å². The molecular formula is C20H34O4. The lowest BCUT2D eigenvalue weighted by atomic mass is 9.72. The molecule has 0 spiro atoms. The summed E-state index contributed by atoms with van der Waals surface area (Å²) in [7, 11) is 0. The smallest absolute Gasteiger partial charge is 0.116 e. The fourth-order valence-corrected chi connectivity index (χ4v) is 4.75. The number of hydrogen-bond donors (Lipinski definition) is 2. The summed E-state index contributed by atoms with van der Waals surface area (Å²) in [6.45, 7) is 10.3. The highest BCUT2D eigenvalue weighted by Crippen LogP contribution is 2.62. The van der Waals surface area contributed by atoms with Crippen LogP contribution in [0.2, 0.25) is 0 Å². The van der Waals surface area contributed by atoms with E-state index >= 15 is 0 Å². The first kappa shape index (κ1) is 18.4. The van der Waals surface area contributed by atoms with Gasteiger partial charge in [0.15, 0.2) is 0 Å². The number of ether oxygens (including phenoxy) is 1. The van der Waals surface area contributed by atoms with E-state index in [-0.39, 0.29) is 11.0 Å². The second-order valence-electron chi connectivity index (χ2n) is 9.72. The van der Waals surface area contributed by atoms with Crippen molar-refractivity contribution in [1.82, 2.24) is 0 Å². The Labute approximate surface area is 146 Å². The minimum Gasteiger partial charge on any atom is -0.390 e. The highest BCUT2D eigenvalue weighted by Gasteiger charge is 2.60. The van der Waals surface area contributed by atoms with Gasteiger partial charge < -0.3 is 9.84 Å². The van der Waals surface area contributed by atoms with E-state index in [1.165, 1.54) is 0 Å². The first-order chi connectivity index (χ1) is 11.0. The normalized spacial score (nSPS) is 48.7. The van der Waals surface area contributed by atoms with Crippen molar-refractivity contribution in [3.05, 3.63) is 12.2 Å². The maximum absolute atomic E-state index is 10.9. The Kier molecular flexibility index (Phi) is 4.44. The van der Waals surface area contributed by atoms with Gasteiger partial charge in [0.05, 0.1) is 17.3 Å². The summed E-state index contributed by atoms with van der Waals surface area (Å²) in [6, 6.07) is 0. The molecule has 4 nitrogen and oxygen atoms in total. The third-order valence-corrected chi connectivity index (χ3v) is 6.96. The van der Waals surface area contributed by atoms with Crippen LogP contribution in [-0.2, 0) is 9.62 Å². The number of hydrogen-bond acceptors (Lipinski definition) is 4. The fourth-order valence-electron chi connectivity index (χ4n) is 4.75. The molecule has 1 heterocycles. The predicted molar refractivity (Wildman–Crippen MR) is 93.6 cm³/mol. The maximum Gasteiger partial charge on any atom is 0.116 e. The SMILES string of the molecule is CC(C)(C=CCC1(C)CCC2(C)OC2CCC(C)(O)C2CC21)OO. The molecule has 0 amide bonds. The Balaban J connectivity index is 1.74. The molecule has 2 saturated carbocycles. The molecule has 138 valence electrons. The Hall–Kier alpha value is -0.420. The average molecular weight is 338 g/mol. The van der Waals surface area contributed by atoms with E-state index in [4.69, 9.17) is 9.99 Å². The van der Waals surface area contributed by atoms with E-state index in [1.54, 1.807) is 0 Å². The summed E-state index contributed by atoms with van der Waals surface area (Å²) in [5, 5.41) is 19.9. The Bertz CT molecular complexity index is 512. The third kappa shape index (κ3) is 3.57. The quantitative estimate of drug-likeness (QED) is 0.347. The molecule has 0 radical (unpaired) electrons. The van der Waals surface area contributed by atoms with Gasteiger partial charge in [0.2, 0.25) is 0 Å². The van der Waals surface area contributed by atoms with Crippen LogP contribution in [0.25, 0.3) is 0 Å². The average Bonchev–Trinajstić information content (AvgIpc) is 3.38.